The number of carbonyl (C=O) groups is 1. The normalized spacial score (nSPS) is 15.9. The highest BCUT2D eigenvalue weighted by molar-refractivity contribution is 7.13. The highest BCUT2D eigenvalue weighted by atomic mass is 32.1. The Kier molecular flexibility index (Phi) is 6.75. The quantitative estimate of drug-likeness (QED) is 0.717. The highest BCUT2D eigenvalue weighted by Gasteiger charge is 2.27. The van der Waals surface area contributed by atoms with Gasteiger partial charge in [-0.1, -0.05) is 0 Å². The number of hydrogen-bond donors (Lipinski definition) is 1. The number of hydrogen-bond acceptors (Lipinski definition) is 7. The van der Waals surface area contributed by atoms with Crippen molar-refractivity contribution in [3.8, 4) is 0 Å². The minimum atomic E-state index is -0.0743. The summed E-state index contributed by atoms with van der Waals surface area (Å²) in [6, 6.07) is 0. The molecule has 3 rings (SSSR count). The van der Waals surface area contributed by atoms with E-state index >= 15 is 0 Å². The van der Waals surface area contributed by atoms with Gasteiger partial charge in [-0.25, -0.2) is 14.5 Å². The molecule has 1 N–H and O–H groups in total. The van der Waals surface area contributed by atoms with Gasteiger partial charge in [0, 0.05) is 31.1 Å². The predicted octanol–water partition coefficient (Wildman–Crippen LogP) is 0.986. The van der Waals surface area contributed by atoms with E-state index in [1.807, 2.05) is 12.3 Å². The fourth-order valence-corrected chi connectivity index (χ4v) is 3.92. The van der Waals surface area contributed by atoms with E-state index in [1.54, 1.807) is 17.9 Å². The van der Waals surface area contributed by atoms with Crippen LogP contribution in [0.2, 0.25) is 0 Å². The number of carbonyl (C=O) groups excluding carboxylic acids is 1. The predicted molar refractivity (Wildman–Crippen MR) is 103 cm³/mol. The molecule has 27 heavy (non-hydrogen) atoms. The number of nitrogens with zero attached hydrogens (tertiary/aromatic N) is 5. The third kappa shape index (κ3) is 4.82. The molecule has 3 heterocycles. The van der Waals surface area contributed by atoms with Crippen LogP contribution in [0.1, 0.15) is 31.5 Å². The van der Waals surface area contributed by atoms with Gasteiger partial charge in [0.15, 0.2) is 5.13 Å². The third-order valence-electron chi connectivity index (χ3n) is 4.77. The Bertz CT molecular complexity index is 792. The number of methoxy groups -OCH3 is 1. The average molecular weight is 395 g/mol. The van der Waals surface area contributed by atoms with E-state index in [9.17, 15) is 9.59 Å². The summed E-state index contributed by atoms with van der Waals surface area (Å²) in [5, 5.41) is 9.84. The Morgan fingerprint density at radius 3 is 2.81 bits per heavy atom. The van der Waals surface area contributed by atoms with Gasteiger partial charge < -0.3 is 10.1 Å². The number of ether oxygens (including phenoxy) is 1. The largest absolute Gasteiger partial charge is 0.383 e. The van der Waals surface area contributed by atoms with Crippen LogP contribution in [-0.2, 0) is 22.6 Å². The fraction of sp³-hybridized carbons (Fsp3) is 0.647. The monoisotopic (exact) mass is 394 g/mol. The molecule has 0 saturated carbocycles. The number of amides is 1. The van der Waals surface area contributed by atoms with E-state index in [1.165, 1.54) is 16.0 Å². The Labute approximate surface area is 162 Å². The zero-order valence-corrected chi connectivity index (χ0v) is 16.6. The number of aromatic nitrogens is 4. The molecule has 0 bridgehead atoms. The molecular weight excluding hydrogens is 368 g/mol. The molecule has 1 aliphatic heterocycles. The van der Waals surface area contributed by atoms with Crippen molar-refractivity contribution >= 4 is 22.4 Å². The first-order chi connectivity index (χ1) is 13.1. The topological polar surface area (TPSA) is 94.3 Å². The second-order valence-corrected chi connectivity index (χ2v) is 7.43. The van der Waals surface area contributed by atoms with Gasteiger partial charge in [-0.2, -0.15) is 5.10 Å². The molecule has 10 heteroatoms. The van der Waals surface area contributed by atoms with Gasteiger partial charge in [-0.05, 0) is 32.9 Å². The van der Waals surface area contributed by atoms with E-state index in [4.69, 9.17) is 4.74 Å². The lowest BCUT2D eigenvalue weighted by atomic mass is 9.96. The lowest BCUT2D eigenvalue weighted by Crippen LogP contribution is -2.39. The van der Waals surface area contributed by atoms with Crippen molar-refractivity contribution in [1.29, 1.82) is 0 Å². The number of anilines is 1. The van der Waals surface area contributed by atoms with Crippen LogP contribution in [-0.4, -0.2) is 63.5 Å². The van der Waals surface area contributed by atoms with Crippen molar-refractivity contribution in [3.05, 3.63) is 27.9 Å². The van der Waals surface area contributed by atoms with E-state index in [0.717, 1.165) is 31.8 Å². The van der Waals surface area contributed by atoms with Gasteiger partial charge in [0.1, 0.15) is 5.82 Å². The smallest absolute Gasteiger partial charge is 0.345 e. The molecular formula is C17H26N6O3S. The summed E-state index contributed by atoms with van der Waals surface area (Å²) in [7, 11) is 1.61. The number of nitrogens with one attached hydrogen (secondary N) is 1. The van der Waals surface area contributed by atoms with Gasteiger partial charge in [-0.15, -0.1) is 11.3 Å². The molecule has 0 aliphatic carbocycles. The first-order valence-corrected chi connectivity index (χ1v) is 10.1. The summed E-state index contributed by atoms with van der Waals surface area (Å²) in [4.78, 5) is 30.8. The summed E-state index contributed by atoms with van der Waals surface area (Å²) in [6.07, 6.45) is 3.43. The van der Waals surface area contributed by atoms with Crippen LogP contribution < -0.4 is 11.0 Å². The van der Waals surface area contributed by atoms with Crippen LogP contribution >= 0.6 is 11.3 Å². The summed E-state index contributed by atoms with van der Waals surface area (Å²) in [5.74, 6) is 1.04. The summed E-state index contributed by atoms with van der Waals surface area (Å²) >= 11 is 1.41. The molecule has 2 aromatic rings. The Balaban J connectivity index is 1.57. The van der Waals surface area contributed by atoms with Gasteiger partial charge in [0.2, 0.25) is 5.91 Å². The summed E-state index contributed by atoms with van der Waals surface area (Å²) in [5.41, 5.74) is -0.0743. The number of thiazole rings is 1. The SMILES string of the molecule is CCn1c(C2CCN(CC(=O)Nc3nccs3)CC2)nn(CCOC)c1=O. The van der Waals surface area contributed by atoms with Crippen LogP contribution in [0.15, 0.2) is 16.4 Å². The summed E-state index contributed by atoms with van der Waals surface area (Å²) in [6.45, 7) is 5.47. The molecule has 0 unspecified atom stereocenters. The molecule has 0 radical (unpaired) electrons. The Morgan fingerprint density at radius 2 is 2.19 bits per heavy atom. The van der Waals surface area contributed by atoms with Crippen LogP contribution in [0.3, 0.4) is 0 Å². The molecule has 0 spiro atoms. The minimum Gasteiger partial charge on any atom is -0.383 e. The van der Waals surface area contributed by atoms with E-state index < -0.39 is 0 Å². The second-order valence-electron chi connectivity index (χ2n) is 6.54. The highest BCUT2D eigenvalue weighted by Crippen LogP contribution is 2.26. The fourth-order valence-electron chi connectivity index (χ4n) is 3.38. The summed E-state index contributed by atoms with van der Waals surface area (Å²) < 4.78 is 8.31. The number of likely N-dealkylation sites (tertiary alicyclic amines) is 1. The maximum absolute atomic E-state index is 12.5. The molecule has 148 valence electrons. The van der Waals surface area contributed by atoms with Crippen molar-refractivity contribution in [3.63, 3.8) is 0 Å². The van der Waals surface area contributed by atoms with E-state index in [-0.39, 0.29) is 17.5 Å². The number of piperidine rings is 1. The zero-order valence-electron chi connectivity index (χ0n) is 15.8. The molecule has 9 nitrogen and oxygen atoms in total. The van der Waals surface area contributed by atoms with Crippen molar-refractivity contribution < 1.29 is 9.53 Å². The van der Waals surface area contributed by atoms with Crippen LogP contribution in [0, 0.1) is 0 Å². The van der Waals surface area contributed by atoms with E-state index in [2.05, 4.69) is 20.3 Å². The standard InChI is InChI=1S/C17H26N6O3S/c1-3-22-15(20-23(17(22)25)9-10-26-2)13-4-7-21(8-5-13)12-14(24)19-16-18-6-11-27-16/h6,11,13H,3-5,7-10,12H2,1-2H3,(H,18,19,24). The van der Waals surface area contributed by atoms with Gasteiger partial charge in [0.25, 0.3) is 0 Å². The molecule has 1 fully saturated rings. The zero-order chi connectivity index (χ0) is 19.2. The third-order valence-corrected chi connectivity index (χ3v) is 5.46. The van der Waals surface area contributed by atoms with Crippen molar-refractivity contribution in [2.45, 2.75) is 38.8 Å². The van der Waals surface area contributed by atoms with Crippen LogP contribution in [0.4, 0.5) is 5.13 Å². The minimum absolute atomic E-state index is 0.0438. The first kappa shape index (κ1) is 19.7. The maximum atomic E-state index is 12.5. The number of rotatable bonds is 8. The Hall–Kier alpha value is -2.04. The molecule has 1 aliphatic rings. The molecule has 0 atom stereocenters. The van der Waals surface area contributed by atoms with Gasteiger partial charge >= 0.3 is 5.69 Å². The molecule has 1 saturated heterocycles. The average Bonchev–Trinajstić information content (AvgIpc) is 3.28. The van der Waals surface area contributed by atoms with Gasteiger partial charge in [0.05, 0.1) is 19.7 Å². The first-order valence-electron chi connectivity index (χ1n) is 9.20. The molecule has 0 aromatic carbocycles. The lowest BCUT2D eigenvalue weighted by Gasteiger charge is -2.30. The van der Waals surface area contributed by atoms with Crippen molar-refractivity contribution in [1.82, 2.24) is 24.2 Å². The second kappa shape index (κ2) is 9.25. The van der Waals surface area contributed by atoms with E-state index in [0.29, 0.717) is 31.4 Å². The maximum Gasteiger partial charge on any atom is 0.345 e. The van der Waals surface area contributed by atoms with Crippen LogP contribution in [0.25, 0.3) is 0 Å². The Morgan fingerprint density at radius 1 is 1.41 bits per heavy atom. The van der Waals surface area contributed by atoms with Crippen molar-refractivity contribution in [2.75, 3.05) is 38.7 Å². The molecule has 1 amide bonds. The lowest BCUT2D eigenvalue weighted by molar-refractivity contribution is -0.117. The van der Waals surface area contributed by atoms with Crippen molar-refractivity contribution in [2.24, 2.45) is 0 Å². The molecule has 2 aromatic heterocycles. The van der Waals surface area contributed by atoms with Crippen LogP contribution in [0.5, 0.6) is 0 Å². The van der Waals surface area contributed by atoms with Gasteiger partial charge in [-0.3, -0.25) is 14.3 Å².